The maximum atomic E-state index is 12.2. The number of pyridine rings is 1. The van der Waals surface area contributed by atoms with Gasteiger partial charge in [0.15, 0.2) is 0 Å². The van der Waals surface area contributed by atoms with Crippen LogP contribution in [0, 0.1) is 0 Å². The van der Waals surface area contributed by atoms with Crippen molar-refractivity contribution in [2.75, 3.05) is 18.5 Å². The molecule has 5 nitrogen and oxygen atoms in total. The molecule has 1 aliphatic rings. The second-order valence-corrected chi connectivity index (χ2v) is 5.57. The van der Waals surface area contributed by atoms with Crippen molar-refractivity contribution < 1.29 is 14.6 Å². The van der Waals surface area contributed by atoms with E-state index in [9.17, 15) is 9.90 Å². The predicted molar refractivity (Wildman–Crippen MR) is 80.4 cm³/mol. The Kier molecular flexibility index (Phi) is 3.80. The minimum atomic E-state index is -1.39. The molecular weight excluding hydrogens is 292 g/mol. The highest BCUT2D eigenvalue weighted by atomic mass is 35.5. The number of ether oxygens (including phenoxy) is 1. The molecule has 1 amide bonds. The smallest absolute Gasteiger partial charge is 0.257 e. The lowest BCUT2D eigenvalue weighted by Gasteiger charge is -2.30. The summed E-state index contributed by atoms with van der Waals surface area (Å²) < 4.78 is 5.17. The summed E-state index contributed by atoms with van der Waals surface area (Å²) in [6, 6.07) is 8.94. The predicted octanol–water partition coefficient (Wildman–Crippen LogP) is 2.37. The summed E-state index contributed by atoms with van der Waals surface area (Å²) in [6.45, 7) is 0.759. The number of fused-ring (bicyclic) bond motifs is 1. The van der Waals surface area contributed by atoms with Crippen LogP contribution in [0.3, 0.4) is 0 Å². The van der Waals surface area contributed by atoms with Crippen molar-refractivity contribution in [3.63, 3.8) is 0 Å². The van der Waals surface area contributed by atoms with Crippen LogP contribution in [0.25, 0.3) is 10.9 Å². The van der Waals surface area contributed by atoms with E-state index in [0.29, 0.717) is 29.6 Å². The molecule has 3 rings (SSSR count). The lowest BCUT2D eigenvalue weighted by atomic mass is 9.93. The van der Waals surface area contributed by atoms with Gasteiger partial charge in [0.1, 0.15) is 11.4 Å². The van der Waals surface area contributed by atoms with E-state index in [1.54, 1.807) is 18.2 Å². The molecule has 1 saturated heterocycles. The topological polar surface area (TPSA) is 71.5 Å². The third-order valence-electron chi connectivity index (χ3n) is 3.64. The van der Waals surface area contributed by atoms with Gasteiger partial charge < -0.3 is 15.2 Å². The Morgan fingerprint density at radius 2 is 2.00 bits per heavy atom. The number of hydrogen-bond donors (Lipinski definition) is 2. The summed E-state index contributed by atoms with van der Waals surface area (Å²) in [4.78, 5) is 16.6. The molecule has 0 radical (unpaired) electrons. The fourth-order valence-electron chi connectivity index (χ4n) is 2.33. The number of rotatable bonds is 2. The average molecular weight is 307 g/mol. The number of carbonyl (C=O) groups excluding carboxylic acids is 1. The van der Waals surface area contributed by atoms with Crippen LogP contribution < -0.4 is 5.32 Å². The maximum Gasteiger partial charge on any atom is 0.257 e. The van der Waals surface area contributed by atoms with Crippen molar-refractivity contribution in [3.8, 4) is 0 Å². The number of halogens is 1. The van der Waals surface area contributed by atoms with Crippen LogP contribution >= 0.6 is 11.6 Å². The number of nitrogens with zero attached hydrogens (tertiary/aromatic N) is 1. The molecule has 0 unspecified atom stereocenters. The number of aliphatic hydroxyl groups is 1. The Hall–Kier alpha value is -1.69. The SMILES string of the molecule is O=C(Nc1ccc2ccc(Cl)cc2n1)C1(O)CCOCC1. The van der Waals surface area contributed by atoms with Crippen molar-refractivity contribution >= 4 is 34.2 Å². The molecule has 0 atom stereocenters. The van der Waals surface area contributed by atoms with E-state index in [1.807, 2.05) is 12.1 Å². The molecule has 1 fully saturated rings. The van der Waals surface area contributed by atoms with Gasteiger partial charge in [0.05, 0.1) is 5.52 Å². The fourth-order valence-corrected chi connectivity index (χ4v) is 2.50. The van der Waals surface area contributed by atoms with Gasteiger partial charge in [-0.05, 0) is 24.3 Å². The van der Waals surface area contributed by atoms with E-state index in [4.69, 9.17) is 16.3 Å². The molecular formula is C15H15ClN2O3. The van der Waals surface area contributed by atoms with E-state index in [0.717, 1.165) is 5.39 Å². The summed E-state index contributed by atoms with van der Waals surface area (Å²) in [5, 5.41) is 14.5. The summed E-state index contributed by atoms with van der Waals surface area (Å²) in [5.74, 6) is -0.0469. The zero-order valence-electron chi connectivity index (χ0n) is 11.3. The van der Waals surface area contributed by atoms with Crippen LogP contribution in [-0.4, -0.2) is 34.8 Å². The third kappa shape index (κ3) is 3.00. The summed E-state index contributed by atoms with van der Waals surface area (Å²) in [5.41, 5.74) is -0.692. The van der Waals surface area contributed by atoms with Crippen molar-refractivity contribution in [3.05, 3.63) is 35.4 Å². The maximum absolute atomic E-state index is 12.2. The first-order valence-electron chi connectivity index (χ1n) is 6.75. The van der Waals surface area contributed by atoms with Crippen molar-refractivity contribution in [1.82, 2.24) is 4.98 Å². The van der Waals surface area contributed by atoms with Crippen LogP contribution in [0.1, 0.15) is 12.8 Å². The minimum Gasteiger partial charge on any atom is -0.381 e. The van der Waals surface area contributed by atoms with Gasteiger partial charge in [-0.1, -0.05) is 17.7 Å². The Morgan fingerprint density at radius 3 is 2.76 bits per heavy atom. The molecule has 0 aliphatic carbocycles. The Labute approximate surface area is 126 Å². The number of carbonyl (C=O) groups is 1. The highest BCUT2D eigenvalue weighted by Gasteiger charge is 2.37. The van der Waals surface area contributed by atoms with Crippen LogP contribution in [-0.2, 0) is 9.53 Å². The summed E-state index contributed by atoms with van der Waals surface area (Å²) >= 11 is 5.94. The number of hydrogen-bond acceptors (Lipinski definition) is 4. The molecule has 0 spiro atoms. The van der Waals surface area contributed by atoms with E-state index >= 15 is 0 Å². The molecule has 2 heterocycles. The van der Waals surface area contributed by atoms with Gasteiger partial charge in [-0.25, -0.2) is 4.98 Å². The molecule has 6 heteroatoms. The van der Waals surface area contributed by atoms with E-state index in [1.165, 1.54) is 0 Å². The fraction of sp³-hybridized carbons (Fsp3) is 0.333. The van der Waals surface area contributed by atoms with Crippen molar-refractivity contribution in [1.29, 1.82) is 0 Å². The Balaban J connectivity index is 1.82. The highest BCUT2D eigenvalue weighted by Crippen LogP contribution is 2.23. The third-order valence-corrected chi connectivity index (χ3v) is 3.87. The molecule has 1 aromatic carbocycles. The number of benzene rings is 1. The summed E-state index contributed by atoms with van der Waals surface area (Å²) in [7, 11) is 0. The molecule has 1 aromatic heterocycles. The van der Waals surface area contributed by atoms with Gasteiger partial charge in [0.25, 0.3) is 5.91 Å². The van der Waals surface area contributed by atoms with Gasteiger partial charge >= 0.3 is 0 Å². The van der Waals surface area contributed by atoms with Crippen LogP contribution in [0.5, 0.6) is 0 Å². The van der Waals surface area contributed by atoms with Gasteiger partial charge in [-0.2, -0.15) is 0 Å². The second kappa shape index (κ2) is 5.60. The van der Waals surface area contributed by atoms with Crippen LogP contribution in [0.2, 0.25) is 5.02 Å². The van der Waals surface area contributed by atoms with Gasteiger partial charge in [-0.3, -0.25) is 4.79 Å². The monoisotopic (exact) mass is 306 g/mol. The van der Waals surface area contributed by atoms with E-state index in [2.05, 4.69) is 10.3 Å². The molecule has 2 N–H and O–H groups in total. The zero-order chi connectivity index (χ0) is 14.9. The lowest BCUT2D eigenvalue weighted by molar-refractivity contribution is -0.143. The minimum absolute atomic E-state index is 0.290. The molecule has 0 bridgehead atoms. The Bertz CT molecular complexity index is 684. The molecule has 1 aliphatic heterocycles. The van der Waals surface area contributed by atoms with Gasteiger partial charge in [0.2, 0.25) is 0 Å². The molecule has 2 aromatic rings. The zero-order valence-corrected chi connectivity index (χ0v) is 12.1. The molecule has 110 valence electrons. The Morgan fingerprint density at radius 1 is 1.29 bits per heavy atom. The standard InChI is InChI=1S/C15H15ClN2O3/c16-11-3-1-10-2-4-13(17-12(10)9-11)18-14(19)15(20)5-7-21-8-6-15/h1-4,9,20H,5-8H2,(H,17,18,19). The largest absolute Gasteiger partial charge is 0.381 e. The summed E-state index contributed by atoms with van der Waals surface area (Å²) in [6.07, 6.45) is 0.580. The number of aromatic nitrogens is 1. The first kappa shape index (κ1) is 14.3. The molecule has 0 saturated carbocycles. The van der Waals surface area contributed by atoms with E-state index in [-0.39, 0.29) is 12.8 Å². The second-order valence-electron chi connectivity index (χ2n) is 5.13. The first-order valence-corrected chi connectivity index (χ1v) is 7.13. The van der Waals surface area contributed by atoms with Gasteiger partial charge in [-0.15, -0.1) is 0 Å². The average Bonchev–Trinajstić information content (AvgIpc) is 2.47. The van der Waals surface area contributed by atoms with Crippen LogP contribution in [0.4, 0.5) is 5.82 Å². The number of amides is 1. The quantitative estimate of drug-likeness (QED) is 0.893. The van der Waals surface area contributed by atoms with Gasteiger partial charge in [0, 0.05) is 36.5 Å². The van der Waals surface area contributed by atoms with Crippen molar-refractivity contribution in [2.45, 2.75) is 18.4 Å². The van der Waals surface area contributed by atoms with Crippen LogP contribution in [0.15, 0.2) is 30.3 Å². The normalized spacial score (nSPS) is 17.6. The van der Waals surface area contributed by atoms with Crippen molar-refractivity contribution in [2.24, 2.45) is 0 Å². The molecule has 21 heavy (non-hydrogen) atoms. The van der Waals surface area contributed by atoms with E-state index < -0.39 is 11.5 Å². The first-order chi connectivity index (χ1) is 10.1. The highest BCUT2D eigenvalue weighted by molar-refractivity contribution is 6.31. The number of nitrogens with one attached hydrogen (secondary N) is 1. The lowest BCUT2D eigenvalue weighted by Crippen LogP contribution is -2.47. The number of anilines is 1.